The van der Waals surface area contributed by atoms with Gasteiger partial charge in [0, 0.05) is 18.1 Å². The molecule has 1 N–H and O–H groups in total. The van der Waals surface area contributed by atoms with E-state index < -0.39 is 0 Å². The topological polar surface area (TPSA) is 28.2 Å². The molecule has 17 heavy (non-hydrogen) atoms. The first-order valence-electron chi connectivity index (χ1n) is 6.70. The number of thiazole rings is 1. The van der Waals surface area contributed by atoms with Gasteiger partial charge in [0.1, 0.15) is 5.01 Å². The Kier molecular flexibility index (Phi) is 5.42. The summed E-state index contributed by atoms with van der Waals surface area (Å²) in [6.07, 6.45) is 5.85. The van der Waals surface area contributed by atoms with Crippen molar-refractivity contribution in [3.05, 3.63) is 16.6 Å². The SMILES string of the molecule is CCCN(Cc1nccs1)CC1CCCNC1. The van der Waals surface area contributed by atoms with Gasteiger partial charge in [-0.15, -0.1) is 11.3 Å². The number of piperidine rings is 1. The van der Waals surface area contributed by atoms with Gasteiger partial charge in [0.15, 0.2) is 0 Å². The van der Waals surface area contributed by atoms with Crippen molar-refractivity contribution in [1.82, 2.24) is 15.2 Å². The molecule has 2 rings (SSSR count). The molecule has 1 aliphatic rings. The molecule has 0 aromatic carbocycles. The van der Waals surface area contributed by atoms with E-state index in [1.54, 1.807) is 11.3 Å². The molecule has 0 bridgehead atoms. The first kappa shape index (κ1) is 13.0. The summed E-state index contributed by atoms with van der Waals surface area (Å²) in [5, 5.41) is 6.82. The Balaban J connectivity index is 1.83. The highest BCUT2D eigenvalue weighted by Crippen LogP contribution is 2.15. The lowest BCUT2D eigenvalue weighted by molar-refractivity contribution is 0.201. The molecule has 1 saturated heterocycles. The molecule has 0 saturated carbocycles. The van der Waals surface area contributed by atoms with Crippen molar-refractivity contribution in [3.8, 4) is 0 Å². The average Bonchev–Trinajstić information content (AvgIpc) is 2.83. The van der Waals surface area contributed by atoms with E-state index in [0.717, 1.165) is 12.5 Å². The standard InChI is InChI=1S/C13H23N3S/c1-2-7-16(11-13-15-6-8-17-13)10-12-4-3-5-14-9-12/h6,8,12,14H,2-5,7,9-11H2,1H3. The molecule has 0 amide bonds. The van der Waals surface area contributed by atoms with E-state index in [1.165, 1.54) is 50.4 Å². The number of aromatic nitrogens is 1. The van der Waals surface area contributed by atoms with Crippen molar-refractivity contribution in [1.29, 1.82) is 0 Å². The lowest BCUT2D eigenvalue weighted by Crippen LogP contribution is -2.38. The van der Waals surface area contributed by atoms with Crippen molar-refractivity contribution >= 4 is 11.3 Å². The molecule has 1 aromatic heterocycles. The lowest BCUT2D eigenvalue weighted by atomic mass is 9.99. The molecule has 3 nitrogen and oxygen atoms in total. The molecule has 1 aromatic rings. The lowest BCUT2D eigenvalue weighted by Gasteiger charge is -2.29. The minimum absolute atomic E-state index is 0.829. The highest BCUT2D eigenvalue weighted by Gasteiger charge is 2.17. The fourth-order valence-electron chi connectivity index (χ4n) is 2.52. The zero-order chi connectivity index (χ0) is 11.9. The number of nitrogens with one attached hydrogen (secondary N) is 1. The van der Waals surface area contributed by atoms with Gasteiger partial charge in [-0.1, -0.05) is 6.92 Å². The summed E-state index contributed by atoms with van der Waals surface area (Å²) in [6.45, 7) is 8.10. The Hall–Kier alpha value is -0.450. The molecular formula is C13H23N3S. The van der Waals surface area contributed by atoms with Crippen molar-refractivity contribution in [2.75, 3.05) is 26.2 Å². The van der Waals surface area contributed by atoms with E-state index in [1.807, 2.05) is 6.20 Å². The van der Waals surface area contributed by atoms with E-state index in [4.69, 9.17) is 0 Å². The van der Waals surface area contributed by atoms with Gasteiger partial charge in [-0.05, 0) is 44.8 Å². The summed E-state index contributed by atoms with van der Waals surface area (Å²) in [7, 11) is 0. The molecule has 1 unspecified atom stereocenters. The smallest absolute Gasteiger partial charge is 0.107 e. The second-order valence-electron chi connectivity index (χ2n) is 4.87. The van der Waals surface area contributed by atoms with Crippen molar-refractivity contribution in [2.45, 2.75) is 32.7 Å². The van der Waals surface area contributed by atoms with Crippen LogP contribution in [0.25, 0.3) is 0 Å². The Morgan fingerprint density at radius 2 is 2.53 bits per heavy atom. The zero-order valence-corrected chi connectivity index (χ0v) is 11.5. The first-order valence-corrected chi connectivity index (χ1v) is 7.58. The van der Waals surface area contributed by atoms with Crippen LogP contribution in [-0.4, -0.2) is 36.1 Å². The molecule has 0 spiro atoms. The van der Waals surface area contributed by atoms with Gasteiger partial charge in [0.2, 0.25) is 0 Å². The summed E-state index contributed by atoms with van der Waals surface area (Å²) in [5.74, 6) is 0.829. The van der Waals surface area contributed by atoms with E-state index >= 15 is 0 Å². The summed E-state index contributed by atoms with van der Waals surface area (Å²) < 4.78 is 0. The summed E-state index contributed by atoms with van der Waals surface area (Å²) in [6, 6.07) is 0. The van der Waals surface area contributed by atoms with Crippen molar-refractivity contribution in [2.24, 2.45) is 5.92 Å². The van der Waals surface area contributed by atoms with E-state index in [9.17, 15) is 0 Å². The fourth-order valence-corrected chi connectivity index (χ4v) is 3.18. The van der Waals surface area contributed by atoms with Crippen LogP contribution >= 0.6 is 11.3 Å². The third-order valence-corrected chi connectivity index (χ3v) is 4.06. The molecule has 1 atom stereocenters. The second kappa shape index (κ2) is 7.09. The number of nitrogens with zero attached hydrogens (tertiary/aromatic N) is 2. The first-order chi connectivity index (χ1) is 8.38. The highest BCUT2D eigenvalue weighted by atomic mass is 32.1. The predicted molar refractivity (Wildman–Crippen MR) is 73.3 cm³/mol. The number of hydrogen-bond acceptors (Lipinski definition) is 4. The molecular weight excluding hydrogens is 230 g/mol. The third kappa shape index (κ3) is 4.37. The summed E-state index contributed by atoms with van der Waals surface area (Å²) in [5.41, 5.74) is 0. The number of hydrogen-bond donors (Lipinski definition) is 1. The monoisotopic (exact) mass is 253 g/mol. The van der Waals surface area contributed by atoms with Crippen LogP contribution in [0.5, 0.6) is 0 Å². The molecule has 2 heterocycles. The Bertz CT molecular complexity index is 294. The average molecular weight is 253 g/mol. The molecule has 1 aliphatic heterocycles. The quantitative estimate of drug-likeness (QED) is 0.843. The van der Waals surface area contributed by atoms with Gasteiger partial charge >= 0.3 is 0 Å². The van der Waals surface area contributed by atoms with Crippen LogP contribution in [0.15, 0.2) is 11.6 Å². The van der Waals surface area contributed by atoms with Crippen LogP contribution in [0.4, 0.5) is 0 Å². The third-order valence-electron chi connectivity index (χ3n) is 3.30. The van der Waals surface area contributed by atoms with Crippen LogP contribution in [0, 0.1) is 5.92 Å². The highest BCUT2D eigenvalue weighted by molar-refractivity contribution is 7.09. The molecule has 1 fully saturated rings. The predicted octanol–water partition coefficient (Wildman–Crippen LogP) is 2.35. The van der Waals surface area contributed by atoms with Gasteiger partial charge in [-0.25, -0.2) is 4.98 Å². The fraction of sp³-hybridized carbons (Fsp3) is 0.769. The van der Waals surface area contributed by atoms with Crippen molar-refractivity contribution < 1.29 is 0 Å². The normalized spacial score (nSPS) is 20.9. The maximum Gasteiger partial charge on any atom is 0.107 e. The van der Waals surface area contributed by atoms with Gasteiger partial charge in [-0.3, -0.25) is 4.90 Å². The van der Waals surface area contributed by atoms with Crippen LogP contribution < -0.4 is 5.32 Å². The molecule has 0 radical (unpaired) electrons. The number of rotatable bonds is 6. The Labute approximate surface area is 108 Å². The maximum atomic E-state index is 4.39. The Morgan fingerprint density at radius 1 is 1.59 bits per heavy atom. The van der Waals surface area contributed by atoms with Crippen LogP contribution in [0.1, 0.15) is 31.2 Å². The summed E-state index contributed by atoms with van der Waals surface area (Å²) >= 11 is 1.77. The molecule has 96 valence electrons. The van der Waals surface area contributed by atoms with Gasteiger partial charge in [0.25, 0.3) is 0 Å². The maximum absolute atomic E-state index is 4.39. The molecule has 4 heteroatoms. The summed E-state index contributed by atoms with van der Waals surface area (Å²) in [4.78, 5) is 6.96. The minimum atomic E-state index is 0.829. The van der Waals surface area contributed by atoms with E-state index in [2.05, 4.69) is 27.5 Å². The van der Waals surface area contributed by atoms with E-state index in [0.29, 0.717) is 0 Å². The Morgan fingerprint density at radius 3 is 3.18 bits per heavy atom. The van der Waals surface area contributed by atoms with Crippen LogP contribution in [0.3, 0.4) is 0 Å². The van der Waals surface area contributed by atoms with E-state index in [-0.39, 0.29) is 0 Å². The second-order valence-corrected chi connectivity index (χ2v) is 5.85. The van der Waals surface area contributed by atoms with Gasteiger partial charge in [-0.2, -0.15) is 0 Å². The zero-order valence-electron chi connectivity index (χ0n) is 10.7. The molecule has 0 aliphatic carbocycles. The van der Waals surface area contributed by atoms with Crippen LogP contribution in [-0.2, 0) is 6.54 Å². The van der Waals surface area contributed by atoms with Crippen molar-refractivity contribution in [3.63, 3.8) is 0 Å². The van der Waals surface area contributed by atoms with Crippen LogP contribution in [0.2, 0.25) is 0 Å². The van der Waals surface area contributed by atoms with Gasteiger partial charge < -0.3 is 5.32 Å². The minimum Gasteiger partial charge on any atom is -0.316 e. The largest absolute Gasteiger partial charge is 0.316 e. The van der Waals surface area contributed by atoms with Gasteiger partial charge in [0.05, 0.1) is 6.54 Å².